The van der Waals surface area contributed by atoms with Crippen LogP contribution in [-0.4, -0.2) is 47.8 Å². The van der Waals surface area contributed by atoms with E-state index < -0.39 is 34.9 Å². The van der Waals surface area contributed by atoms with E-state index in [1.807, 2.05) is 0 Å². The summed E-state index contributed by atoms with van der Waals surface area (Å²) in [6.45, 7) is 3.08. The van der Waals surface area contributed by atoms with Crippen molar-refractivity contribution in [1.82, 2.24) is 14.6 Å². The Balaban J connectivity index is 3.19. The summed E-state index contributed by atoms with van der Waals surface area (Å²) in [6, 6.07) is 0. The number of fused-ring (bicyclic) bond motifs is 1. The van der Waals surface area contributed by atoms with E-state index in [0.717, 1.165) is 4.40 Å². The van der Waals surface area contributed by atoms with E-state index in [4.69, 9.17) is 10.2 Å². The number of carbonyl (C=O) groups is 3. The minimum absolute atomic E-state index is 0.0349. The third-order valence-electron chi connectivity index (χ3n) is 2.69. The van der Waals surface area contributed by atoms with Gasteiger partial charge in [-0.15, -0.1) is 10.2 Å². The Morgan fingerprint density at radius 3 is 1.85 bits per heavy atom. The van der Waals surface area contributed by atoms with Gasteiger partial charge >= 0.3 is 17.9 Å². The highest BCUT2D eigenvalue weighted by molar-refractivity contribution is 6.07. The van der Waals surface area contributed by atoms with Crippen molar-refractivity contribution in [1.29, 1.82) is 0 Å². The Morgan fingerprint density at radius 2 is 1.45 bits per heavy atom. The van der Waals surface area contributed by atoms with Crippen LogP contribution in [0.4, 0.5) is 0 Å². The first-order valence-electron chi connectivity index (χ1n) is 5.35. The van der Waals surface area contributed by atoms with Crippen molar-refractivity contribution in [3.05, 3.63) is 22.3 Å². The number of rotatable bonds is 3. The van der Waals surface area contributed by atoms with Gasteiger partial charge in [0, 0.05) is 0 Å². The first-order chi connectivity index (χ1) is 9.27. The average molecular weight is 279 g/mol. The maximum absolute atomic E-state index is 11.3. The van der Waals surface area contributed by atoms with Crippen LogP contribution in [0.25, 0.3) is 11.2 Å². The minimum atomic E-state index is -1.51. The molecule has 0 aliphatic rings. The van der Waals surface area contributed by atoms with E-state index in [-0.39, 0.29) is 11.0 Å². The predicted octanol–water partition coefficient (Wildman–Crippen LogP) is -0.267. The minimum Gasteiger partial charge on any atom is -0.478 e. The molecule has 0 spiro atoms. The number of aromatic nitrogens is 3. The van der Waals surface area contributed by atoms with Gasteiger partial charge in [0.05, 0.1) is 5.35 Å². The first-order valence-corrected chi connectivity index (χ1v) is 5.35. The Hall–Kier alpha value is -2.97. The summed E-state index contributed by atoms with van der Waals surface area (Å²) in [5.74, 6) is -4.95. The van der Waals surface area contributed by atoms with Gasteiger partial charge in [-0.05, 0) is 13.8 Å². The van der Waals surface area contributed by atoms with Crippen LogP contribution >= 0.6 is 0 Å². The van der Waals surface area contributed by atoms with E-state index in [0.29, 0.717) is 5.57 Å². The normalized spacial score (nSPS) is 10.7. The quantitative estimate of drug-likeness (QED) is 0.697. The molecular formula is C11H9N3O6. The largest absolute Gasteiger partial charge is 0.478 e. The molecular weight excluding hydrogens is 270 g/mol. The Bertz CT molecular complexity index is 815. The summed E-state index contributed by atoms with van der Waals surface area (Å²) in [4.78, 5) is 33.7. The van der Waals surface area contributed by atoms with Gasteiger partial charge in [-0.2, -0.15) is 0 Å². The zero-order chi connectivity index (χ0) is 15.2. The summed E-state index contributed by atoms with van der Waals surface area (Å²) >= 11 is 0. The second-order valence-corrected chi connectivity index (χ2v) is 4.20. The molecule has 0 saturated heterocycles. The van der Waals surface area contributed by atoms with Crippen molar-refractivity contribution in [2.45, 2.75) is 13.8 Å². The molecule has 0 unspecified atom stereocenters. The number of carboxylic acids is 3. The van der Waals surface area contributed by atoms with Crippen molar-refractivity contribution in [2.75, 3.05) is 0 Å². The predicted molar refractivity (Wildman–Crippen MR) is 63.8 cm³/mol. The van der Waals surface area contributed by atoms with Crippen LogP contribution in [0.15, 0.2) is 0 Å². The number of hydrogen-bond acceptors (Lipinski definition) is 5. The summed E-state index contributed by atoms with van der Waals surface area (Å²) in [5.41, 5.74) is -0.940. The van der Waals surface area contributed by atoms with Gasteiger partial charge in [-0.1, -0.05) is 5.57 Å². The highest BCUT2D eigenvalue weighted by atomic mass is 16.4. The number of aromatic carboxylic acids is 3. The molecule has 0 aromatic carbocycles. The molecule has 0 radical (unpaired) electrons. The summed E-state index contributed by atoms with van der Waals surface area (Å²) < 4.78 is 0.935. The number of hydrogen-bond donors (Lipinski definition) is 3. The molecule has 2 rings (SSSR count). The smallest absolute Gasteiger partial charge is 0.374 e. The highest BCUT2D eigenvalue weighted by Gasteiger charge is 2.30. The molecule has 0 atom stereocenters. The molecule has 9 nitrogen and oxygen atoms in total. The van der Waals surface area contributed by atoms with Gasteiger partial charge in [-0.3, -0.25) is 4.40 Å². The Kier molecular flexibility index (Phi) is 2.89. The fourth-order valence-corrected chi connectivity index (χ4v) is 2.02. The molecule has 0 aliphatic carbocycles. The van der Waals surface area contributed by atoms with Crippen LogP contribution in [0.3, 0.4) is 0 Å². The molecule has 0 amide bonds. The fraction of sp³-hybridized carbons (Fsp3) is 0.182. The topological polar surface area (TPSA) is 142 Å². The third kappa shape index (κ3) is 1.67. The lowest BCUT2D eigenvalue weighted by Crippen LogP contribution is -2.23. The molecule has 2 aromatic rings. The van der Waals surface area contributed by atoms with Crippen LogP contribution in [0.5, 0.6) is 0 Å². The average Bonchev–Trinajstić information content (AvgIpc) is 2.82. The fourth-order valence-electron chi connectivity index (χ4n) is 2.02. The molecule has 2 aromatic heterocycles. The maximum Gasteiger partial charge on any atom is 0.374 e. The van der Waals surface area contributed by atoms with Crippen LogP contribution in [0, 0.1) is 0 Å². The van der Waals surface area contributed by atoms with Gasteiger partial charge in [0.25, 0.3) is 0 Å². The molecule has 2 heterocycles. The number of nitrogens with zero attached hydrogens (tertiary/aromatic N) is 3. The summed E-state index contributed by atoms with van der Waals surface area (Å²) in [7, 11) is 0. The zero-order valence-corrected chi connectivity index (χ0v) is 10.4. The van der Waals surface area contributed by atoms with Gasteiger partial charge in [0.15, 0.2) is 5.65 Å². The van der Waals surface area contributed by atoms with Crippen molar-refractivity contribution in [3.8, 4) is 0 Å². The van der Waals surface area contributed by atoms with E-state index in [1.54, 1.807) is 13.8 Å². The zero-order valence-electron chi connectivity index (χ0n) is 10.4. The van der Waals surface area contributed by atoms with Crippen molar-refractivity contribution < 1.29 is 29.7 Å². The molecule has 0 fully saturated rings. The molecule has 0 bridgehead atoms. The van der Waals surface area contributed by atoms with Gasteiger partial charge in [0.1, 0.15) is 11.1 Å². The second-order valence-electron chi connectivity index (χ2n) is 4.20. The molecule has 3 N–H and O–H groups in total. The van der Waals surface area contributed by atoms with Crippen LogP contribution < -0.4 is 5.35 Å². The van der Waals surface area contributed by atoms with Crippen LogP contribution in [0.1, 0.15) is 45.2 Å². The monoisotopic (exact) mass is 279 g/mol. The molecule has 0 saturated carbocycles. The first kappa shape index (κ1) is 13.5. The van der Waals surface area contributed by atoms with E-state index in [2.05, 4.69) is 10.2 Å². The summed E-state index contributed by atoms with van der Waals surface area (Å²) in [6.07, 6.45) is 0. The SMILES string of the molecule is CC(C)=c1c(C(=O)O)c(C(=O)O)c2nnc(C(=O)O)n12. The van der Waals surface area contributed by atoms with Crippen molar-refractivity contribution in [3.63, 3.8) is 0 Å². The lowest BCUT2D eigenvalue weighted by molar-refractivity contribution is 0.0652. The van der Waals surface area contributed by atoms with E-state index in [1.165, 1.54) is 0 Å². The van der Waals surface area contributed by atoms with Crippen molar-refractivity contribution >= 4 is 29.1 Å². The van der Waals surface area contributed by atoms with Gasteiger partial charge < -0.3 is 15.3 Å². The second kappa shape index (κ2) is 4.30. The molecule has 9 heteroatoms. The van der Waals surface area contributed by atoms with Crippen LogP contribution in [-0.2, 0) is 0 Å². The molecule has 104 valence electrons. The molecule has 20 heavy (non-hydrogen) atoms. The third-order valence-corrected chi connectivity index (χ3v) is 2.69. The van der Waals surface area contributed by atoms with Gasteiger partial charge in [-0.25, -0.2) is 14.4 Å². The highest BCUT2D eigenvalue weighted by Crippen LogP contribution is 2.16. The number of carboxylic acid groups (broad SMARTS) is 3. The van der Waals surface area contributed by atoms with Gasteiger partial charge in [0.2, 0.25) is 5.82 Å². The van der Waals surface area contributed by atoms with E-state index >= 15 is 0 Å². The summed E-state index contributed by atoms with van der Waals surface area (Å²) in [5, 5.41) is 34.2. The lowest BCUT2D eigenvalue weighted by Gasteiger charge is -1.96. The van der Waals surface area contributed by atoms with E-state index in [9.17, 15) is 19.5 Å². The molecule has 0 aliphatic heterocycles. The Morgan fingerprint density at radius 1 is 0.900 bits per heavy atom. The Labute approximate surface area is 110 Å². The van der Waals surface area contributed by atoms with Crippen molar-refractivity contribution in [2.24, 2.45) is 0 Å². The lowest BCUT2D eigenvalue weighted by atomic mass is 10.1. The standard InChI is InChI=1S/C11H9N3O6/c1-3(2)6-4(9(15)16)5(10(17)18)7-12-13-8(11(19)20)14(6)7/h1-2H3,(H,15,16)(H,17,18)(H,19,20). The van der Waals surface area contributed by atoms with Crippen LogP contribution in [0.2, 0.25) is 0 Å². The maximum atomic E-state index is 11.3.